The molecule has 1 aliphatic heterocycles. The quantitative estimate of drug-likeness (QED) is 0.277. The monoisotopic (exact) mass is 599 g/mol. The van der Waals surface area contributed by atoms with Crippen LogP contribution in [0.4, 0.5) is 14.5 Å². The SMILES string of the molecule is CCOCc1ccc(NC(=O)C2NC(CC(C)(C)C)C(C#N)(c3ccc(Cl)cc3F)C2c2cccc(Cl)c2F)cc1. The van der Waals surface area contributed by atoms with Gasteiger partial charge in [-0.25, -0.2) is 8.78 Å². The molecule has 4 unspecified atom stereocenters. The first-order valence-corrected chi connectivity index (χ1v) is 14.2. The predicted octanol–water partition coefficient (Wildman–Crippen LogP) is 7.77. The van der Waals surface area contributed by atoms with Gasteiger partial charge in [0.25, 0.3) is 0 Å². The summed E-state index contributed by atoms with van der Waals surface area (Å²) < 4.78 is 36.9. The van der Waals surface area contributed by atoms with Gasteiger partial charge in [-0.05, 0) is 60.2 Å². The van der Waals surface area contributed by atoms with Gasteiger partial charge in [-0.15, -0.1) is 0 Å². The van der Waals surface area contributed by atoms with E-state index in [-0.39, 0.29) is 26.6 Å². The average Bonchev–Trinajstić information content (AvgIpc) is 3.22. The summed E-state index contributed by atoms with van der Waals surface area (Å²) in [6.07, 6.45) is 0.386. The van der Waals surface area contributed by atoms with E-state index in [1.165, 1.54) is 24.3 Å². The molecule has 0 spiro atoms. The normalized spacial score (nSPS) is 22.4. The van der Waals surface area contributed by atoms with Crippen molar-refractivity contribution in [1.82, 2.24) is 5.32 Å². The van der Waals surface area contributed by atoms with Crippen molar-refractivity contribution >= 4 is 34.8 Å². The Balaban J connectivity index is 1.87. The maximum atomic E-state index is 15.8. The number of nitriles is 1. The highest BCUT2D eigenvalue weighted by Crippen LogP contribution is 2.52. The van der Waals surface area contributed by atoms with Gasteiger partial charge in [0, 0.05) is 34.8 Å². The van der Waals surface area contributed by atoms with E-state index in [0.717, 1.165) is 11.6 Å². The number of rotatable bonds is 8. The predicted molar refractivity (Wildman–Crippen MR) is 158 cm³/mol. The smallest absolute Gasteiger partial charge is 0.242 e. The van der Waals surface area contributed by atoms with E-state index >= 15 is 8.78 Å². The van der Waals surface area contributed by atoms with Crippen LogP contribution in [0, 0.1) is 28.4 Å². The minimum Gasteiger partial charge on any atom is -0.377 e. The van der Waals surface area contributed by atoms with Gasteiger partial charge < -0.3 is 15.4 Å². The van der Waals surface area contributed by atoms with Gasteiger partial charge in [-0.2, -0.15) is 5.26 Å². The van der Waals surface area contributed by atoms with E-state index in [4.69, 9.17) is 27.9 Å². The first-order valence-electron chi connectivity index (χ1n) is 13.5. The first kappa shape index (κ1) is 30.9. The molecule has 0 radical (unpaired) electrons. The highest BCUT2D eigenvalue weighted by molar-refractivity contribution is 6.31. The molecule has 3 aromatic carbocycles. The molecular formula is C32H33Cl2F2N3O2. The molecule has 1 aliphatic rings. The van der Waals surface area contributed by atoms with E-state index in [1.807, 2.05) is 39.8 Å². The van der Waals surface area contributed by atoms with Crippen LogP contribution >= 0.6 is 23.2 Å². The summed E-state index contributed by atoms with van der Waals surface area (Å²) in [5.74, 6) is -3.09. The molecule has 2 N–H and O–H groups in total. The third-order valence-electron chi connectivity index (χ3n) is 7.43. The lowest BCUT2D eigenvalue weighted by atomic mass is 9.62. The fraction of sp³-hybridized carbons (Fsp3) is 0.375. The van der Waals surface area contributed by atoms with Gasteiger partial charge in [-0.1, -0.05) is 74.3 Å². The zero-order valence-corrected chi connectivity index (χ0v) is 24.9. The van der Waals surface area contributed by atoms with E-state index in [0.29, 0.717) is 25.3 Å². The number of amides is 1. The molecular weight excluding hydrogens is 567 g/mol. The maximum absolute atomic E-state index is 15.8. The number of anilines is 1. The molecule has 0 aliphatic carbocycles. The van der Waals surface area contributed by atoms with Crippen LogP contribution in [0.3, 0.4) is 0 Å². The standard InChI is InChI=1S/C32H33Cl2F2N3O2/c1-5-41-17-19-9-12-21(13-10-19)38-30(40)29-27(22-7-6-8-24(34)28(22)36)32(18-37,26(39-29)16-31(2,3)4)23-14-11-20(33)15-25(23)35/h6-15,26-27,29,39H,5,16-17H2,1-4H3,(H,38,40). The van der Waals surface area contributed by atoms with Crippen molar-refractivity contribution in [3.63, 3.8) is 0 Å². The van der Waals surface area contributed by atoms with E-state index in [9.17, 15) is 10.1 Å². The van der Waals surface area contributed by atoms with Crippen molar-refractivity contribution in [2.45, 2.75) is 64.1 Å². The Morgan fingerprint density at radius 3 is 2.44 bits per heavy atom. The Hall–Kier alpha value is -3.02. The zero-order valence-electron chi connectivity index (χ0n) is 23.4. The van der Waals surface area contributed by atoms with Crippen LogP contribution < -0.4 is 10.6 Å². The molecule has 0 bridgehead atoms. The van der Waals surface area contributed by atoms with Gasteiger partial charge in [-0.3, -0.25) is 4.79 Å². The molecule has 9 heteroatoms. The average molecular weight is 601 g/mol. The minimum absolute atomic E-state index is 0.0334. The number of nitrogens with one attached hydrogen (secondary N) is 2. The second-order valence-electron chi connectivity index (χ2n) is 11.5. The number of ether oxygens (including phenoxy) is 1. The van der Waals surface area contributed by atoms with Crippen molar-refractivity contribution in [3.8, 4) is 6.07 Å². The van der Waals surface area contributed by atoms with Crippen molar-refractivity contribution in [3.05, 3.63) is 99.0 Å². The number of halogens is 4. The van der Waals surface area contributed by atoms with E-state index in [1.54, 1.807) is 18.2 Å². The zero-order chi connectivity index (χ0) is 29.9. The van der Waals surface area contributed by atoms with E-state index in [2.05, 4.69) is 16.7 Å². The lowest BCUT2D eigenvalue weighted by Gasteiger charge is -2.37. The largest absolute Gasteiger partial charge is 0.377 e. The van der Waals surface area contributed by atoms with Gasteiger partial charge >= 0.3 is 0 Å². The first-order chi connectivity index (χ1) is 19.4. The fourth-order valence-corrected chi connectivity index (χ4v) is 6.02. The van der Waals surface area contributed by atoms with Crippen molar-refractivity contribution in [2.24, 2.45) is 5.41 Å². The lowest BCUT2D eigenvalue weighted by molar-refractivity contribution is -0.118. The molecule has 4 rings (SSSR count). The number of nitrogens with zero attached hydrogens (tertiary/aromatic N) is 1. The van der Waals surface area contributed by atoms with Gasteiger partial charge in [0.15, 0.2) is 0 Å². The molecule has 216 valence electrons. The van der Waals surface area contributed by atoms with Crippen LogP contribution in [0.2, 0.25) is 10.0 Å². The highest BCUT2D eigenvalue weighted by atomic mass is 35.5. The second-order valence-corrected chi connectivity index (χ2v) is 12.4. The molecule has 1 heterocycles. The Kier molecular flexibility index (Phi) is 9.40. The maximum Gasteiger partial charge on any atom is 0.242 e. The highest BCUT2D eigenvalue weighted by Gasteiger charge is 2.61. The summed E-state index contributed by atoms with van der Waals surface area (Å²) in [7, 11) is 0. The van der Waals surface area contributed by atoms with Crippen molar-refractivity contribution in [2.75, 3.05) is 11.9 Å². The van der Waals surface area contributed by atoms with Crippen LogP contribution in [0.25, 0.3) is 0 Å². The summed E-state index contributed by atoms with van der Waals surface area (Å²) in [5.41, 5.74) is -0.481. The number of hydrogen-bond acceptors (Lipinski definition) is 4. The van der Waals surface area contributed by atoms with E-state index < -0.39 is 41.0 Å². The van der Waals surface area contributed by atoms with Crippen LogP contribution in [-0.2, 0) is 21.6 Å². The summed E-state index contributed by atoms with van der Waals surface area (Å²) >= 11 is 12.3. The van der Waals surface area contributed by atoms with Gasteiger partial charge in [0.2, 0.25) is 5.91 Å². The Labute approximate surface area is 249 Å². The molecule has 41 heavy (non-hydrogen) atoms. The van der Waals surface area contributed by atoms with Crippen LogP contribution in [0.15, 0.2) is 60.7 Å². The third kappa shape index (κ3) is 6.42. The molecule has 1 amide bonds. The topological polar surface area (TPSA) is 74.2 Å². The number of benzene rings is 3. The van der Waals surface area contributed by atoms with Crippen LogP contribution in [-0.4, -0.2) is 24.6 Å². The van der Waals surface area contributed by atoms with Gasteiger partial charge in [0.05, 0.1) is 23.7 Å². The molecule has 3 aromatic rings. The second kappa shape index (κ2) is 12.5. The third-order valence-corrected chi connectivity index (χ3v) is 7.95. The molecule has 1 fully saturated rings. The summed E-state index contributed by atoms with van der Waals surface area (Å²) in [5, 5.41) is 17.1. The fourth-order valence-electron chi connectivity index (χ4n) is 5.68. The van der Waals surface area contributed by atoms with Gasteiger partial charge in [0.1, 0.15) is 17.0 Å². The van der Waals surface area contributed by atoms with Crippen molar-refractivity contribution in [1.29, 1.82) is 5.26 Å². The number of hydrogen-bond donors (Lipinski definition) is 2. The number of carbonyl (C=O) groups excluding carboxylic acids is 1. The van der Waals surface area contributed by atoms with Crippen LogP contribution in [0.1, 0.15) is 56.7 Å². The molecule has 1 saturated heterocycles. The van der Waals surface area contributed by atoms with Crippen LogP contribution in [0.5, 0.6) is 0 Å². The Morgan fingerprint density at radius 1 is 1.12 bits per heavy atom. The Morgan fingerprint density at radius 2 is 1.83 bits per heavy atom. The number of carbonyl (C=O) groups is 1. The van der Waals surface area contributed by atoms with Crippen molar-refractivity contribution < 1.29 is 18.3 Å². The lowest BCUT2D eigenvalue weighted by Crippen LogP contribution is -2.45. The summed E-state index contributed by atoms with van der Waals surface area (Å²) in [4.78, 5) is 14.0. The summed E-state index contributed by atoms with van der Waals surface area (Å²) in [6.45, 7) is 8.89. The molecule has 4 atom stereocenters. The molecule has 5 nitrogen and oxygen atoms in total. The minimum atomic E-state index is -1.68. The molecule has 0 aromatic heterocycles. The summed E-state index contributed by atoms with van der Waals surface area (Å²) in [6, 6.07) is 16.2. The Bertz CT molecular complexity index is 1450. The molecule has 0 saturated carbocycles.